The molecule has 0 aliphatic carbocycles. The smallest absolute Gasteiger partial charge is 0.255 e. The lowest BCUT2D eigenvalue weighted by Gasteiger charge is -2.14. The molecule has 1 amide bonds. The molecule has 2 rings (SSSR count). The summed E-state index contributed by atoms with van der Waals surface area (Å²) < 4.78 is 10.6. The van der Waals surface area contributed by atoms with Crippen molar-refractivity contribution >= 4 is 5.91 Å². The molecule has 23 heavy (non-hydrogen) atoms. The van der Waals surface area contributed by atoms with E-state index in [1.54, 1.807) is 49.6 Å². The zero-order chi connectivity index (χ0) is 16.7. The van der Waals surface area contributed by atoms with Crippen molar-refractivity contribution in [2.45, 2.75) is 13.0 Å². The molecular formula is C18H21NO4. The van der Waals surface area contributed by atoms with Crippen LogP contribution in [0.15, 0.2) is 48.5 Å². The van der Waals surface area contributed by atoms with Crippen molar-refractivity contribution in [1.82, 2.24) is 5.32 Å². The van der Waals surface area contributed by atoms with Gasteiger partial charge in [0.1, 0.15) is 11.5 Å². The maximum Gasteiger partial charge on any atom is 0.255 e. The van der Waals surface area contributed by atoms with Gasteiger partial charge in [-0.25, -0.2) is 0 Å². The van der Waals surface area contributed by atoms with E-state index < -0.39 is 6.10 Å². The molecule has 1 atom stereocenters. The van der Waals surface area contributed by atoms with Gasteiger partial charge in [0, 0.05) is 6.54 Å². The Morgan fingerprint density at radius 2 is 2.00 bits per heavy atom. The van der Waals surface area contributed by atoms with E-state index in [2.05, 4.69) is 5.32 Å². The molecule has 1 unspecified atom stereocenters. The van der Waals surface area contributed by atoms with E-state index in [0.717, 1.165) is 0 Å². The van der Waals surface area contributed by atoms with Crippen molar-refractivity contribution in [3.63, 3.8) is 0 Å². The highest BCUT2D eigenvalue weighted by Crippen LogP contribution is 2.20. The van der Waals surface area contributed by atoms with Gasteiger partial charge in [-0.2, -0.15) is 0 Å². The number of hydrogen-bond donors (Lipinski definition) is 2. The van der Waals surface area contributed by atoms with Gasteiger partial charge in [0.15, 0.2) is 0 Å². The molecule has 2 aromatic carbocycles. The first-order chi connectivity index (χ1) is 11.2. The molecule has 2 N–H and O–H groups in total. The molecule has 0 bridgehead atoms. The molecule has 0 heterocycles. The minimum atomic E-state index is -0.812. The van der Waals surface area contributed by atoms with Crippen LogP contribution in [0.1, 0.15) is 28.9 Å². The summed E-state index contributed by atoms with van der Waals surface area (Å²) in [5, 5.41) is 12.9. The highest BCUT2D eigenvalue weighted by Gasteiger charge is 2.14. The molecule has 0 fully saturated rings. The molecule has 0 spiro atoms. The minimum Gasteiger partial charge on any atom is -0.497 e. The van der Waals surface area contributed by atoms with Crippen LogP contribution in [0.25, 0.3) is 0 Å². The fourth-order valence-electron chi connectivity index (χ4n) is 2.19. The second-order valence-corrected chi connectivity index (χ2v) is 4.93. The van der Waals surface area contributed by atoms with Crippen LogP contribution in [0.3, 0.4) is 0 Å². The van der Waals surface area contributed by atoms with Crippen molar-refractivity contribution in [3.05, 3.63) is 59.7 Å². The number of hydrogen-bond acceptors (Lipinski definition) is 4. The van der Waals surface area contributed by atoms with Crippen molar-refractivity contribution in [1.29, 1.82) is 0 Å². The zero-order valence-corrected chi connectivity index (χ0v) is 13.3. The summed E-state index contributed by atoms with van der Waals surface area (Å²) in [5.41, 5.74) is 1.13. The first kappa shape index (κ1) is 16.8. The van der Waals surface area contributed by atoms with Crippen LogP contribution in [-0.2, 0) is 0 Å². The van der Waals surface area contributed by atoms with Crippen LogP contribution in [0.4, 0.5) is 0 Å². The van der Waals surface area contributed by atoms with Gasteiger partial charge in [-0.1, -0.05) is 24.3 Å². The Morgan fingerprint density at radius 3 is 2.74 bits per heavy atom. The van der Waals surface area contributed by atoms with E-state index in [0.29, 0.717) is 29.2 Å². The largest absolute Gasteiger partial charge is 0.497 e. The summed E-state index contributed by atoms with van der Waals surface area (Å²) in [6.07, 6.45) is -0.812. The number of ether oxygens (including phenoxy) is 2. The molecule has 2 aromatic rings. The third-order valence-corrected chi connectivity index (χ3v) is 3.37. The number of carbonyl (C=O) groups excluding carboxylic acids is 1. The number of methoxy groups -OCH3 is 1. The number of aliphatic hydroxyl groups excluding tert-OH is 1. The van der Waals surface area contributed by atoms with Crippen LogP contribution in [0.5, 0.6) is 11.5 Å². The average Bonchev–Trinajstić information content (AvgIpc) is 2.60. The lowest BCUT2D eigenvalue weighted by Crippen LogP contribution is -2.28. The molecule has 5 nitrogen and oxygen atoms in total. The molecule has 0 radical (unpaired) electrons. The lowest BCUT2D eigenvalue weighted by atomic mass is 10.1. The summed E-state index contributed by atoms with van der Waals surface area (Å²) in [7, 11) is 1.57. The number of para-hydroxylation sites is 1. The zero-order valence-electron chi connectivity index (χ0n) is 13.3. The Bertz CT molecular complexity index is 657. The Balaban J connectivity index is 2.01. The van der Waals surface area contributed by atoms with Crippen LogP contribution >= 0.6 is 0 Å². The van der Waals surface area contributed by atoms with Crippen molar-refractivity contribution in [2.75, 3.05) is 20.3 Å². The van der Waals surface area contributed by atoms with Crippen molar-refractivity contribution in [3.8, 4) is 11.5 Å². The monoisotopic (exact) mass is 315 g/mol. The molecule has 0 aliphatic rings. The van der Waals surface area contributed by atoms with Crippen LogP contribution in [-0.4, -0.2) is 31.3 Å². The van der Waals surface area contributed by atoms with Gasteiger partial charge >= 0.3 is 0 Å². The number of nitrogens with one attached hydrogen (secondary N) is 1. The molecule has 5 heteroatoms. The Hall–Kier alpha value is -2.53. The molecular weight excluding hydrogens is 294 g/mol. The van der Waals surface area contributed by atoms with Crippen LogP contribution in [0, 0.1) is 0 Å². The highest BCUT2D eigenvalue weighted by atomic mass is 16.5. The fraction of sp³-hybridized carbons (Fsp3) is 0.278. The van der Waals surface area contributed by atoms with Gasteiger partial charge in [-0.15, -0.1) is 0 Å². The van der Waals surface area contributed by atoms with Crippen molar-refractivity contribution in [2.24, 2.45) is 0 Å². The summed E-state index contributed by atoms with van der Waals surface area (Å²) in [6, 6.07) is 14.1. The predicted molar refractivity (Wildman–Crippen MR) is 87.9 cm³/mol. The topological polar surface area (TPSA) is 67.8 Å². The number of benzene rings is 2. The fourth-order valence-corrected chi connectivity index (χ4v) is 2.19. The average molecular weight is 315 g/mol. The molecule has 122 valence electrons. The van der Waals surface area contributed by atoms with E-state index in [1.807, 2.05) is 13.0 Å². The second kappa shape index (κ2) is 8.19. The highest BCUT2D eigenvalue weighted by molar-refractivity contribution is 5.96. The maximum atomic E-state index is 12.3. The van der Waals surface area contributed by atoms with E-state index >= 15 is 0 Å². The minimum absolute atomic E-state index is 0.104. The Labute approximate surface area is 135 Å². The normalized spacial score (nSPS) is 11.6. The first-order valence-electron chi connectivity index (χ1n) is 7.47. The maximum absolute atomic E-state index is 12.3. The SMILES string of the molecule is CCOc1ccccc1C(=O)NCC(O)c1cccc(OC)c1. The summed E-state index contributed by atoms with van der Waals surface area (Å²) in [5.74, 6) is 0.911. The van der Waals surface area contributed by atoms with Crippen LogP contribution in [0.2, 0.25) is 0 Å². The Kier molecular flexibility index (Phi) is 6.00. The van der Waals surface area contributed by atoms with Gasteiger partial charge in [-0.05, 0) is 36.8 Å². The summed E-state index contributed by atoms with van der Waals surface area (Å²) in [6.45, 7) is 2.45. The van der Waals surface area contributed by atoms with E-state index in [-0.39, 0.29) is 12.5 Å². The van der Waals surface area contributed by atoms with Gasteiger partial charge in [-0.3, -0.25) is 4.79 Å². The summed E-state index contributed by atoms with van der Waals surface area (Å²) >= 11 is 0. The second-order valence-electron chi connectivity index (χ2n) is 4.93. The molecule has 0 saturated carbocycles. The van der Waals surface area contributed by atoms with Gasteiger partial charge in [0.2, 0.25) is 0 Å². The standard InChI is InChI=1S/C18H21NO4/c1-3-23-17-10-5-4-9-15(17)18(21)19-12-16(20)13-7-6-8-14(11-13)22-2/h4-11,16,20H,3,12H2,1-2H3,(H,19,21). The molecule has 0 aliphatic heterocycles. The third kappa shape index (κ3) is 4.47. The van der Waals surface area contributed by atoms with Gasteiger partial charge < -0.3 is 19.9 Å². The van der Waals surface area contributed by atoms with Crippen molar-refractivity contribution < 1.29 is 19.4 Å². The lowest BCUT2D eigenvalue weighted by molar-refractivity contribution is 0.0912. The molecule has 0 aromatic heterocycles. The first-order valence-corrected chi connectivity index (χ1v) is 7.47. The Morgan fingerprint density at radius 1 is 1.22 bits per heavy atom. The number of rotatable bonds is 7. The van der Waals surface area contributed by atoms with E-state index in [4.69, 9.17) is 9.47 Å². The van der Waals surface area contributed by atoms with E-state index in [1.165, 1.54) is 0 Å². The number of carbonyl (C=O) groups is 1. The summed E-state index contributed by atoms with van der Waals surface area (Å²) in [4.78, 5) is 12.3. The van der Waals surface area contributed by atoms with Crippen LogP contribution < -0.4 is 14.8 Å². The predicted octanol–water partition coefficient (Wildman–Crippen LogP) is 2.56. The number of aliphatic hydroxyl groups is 1. The quantitative estimate of drug-likeness (QED) is 0.824. The van der Waals surface area contributed by atoms with E-state index in [9.17, 15) is 9.90 Å². The van der Waals surface area contributed by atoms with Gasteiger partial charge in [0.25, 0.3) is 5.91 Å². The molecule has 0 saturated heterocycles. The van der Waals surface area contributed by atoms with Gasteiger partial charge in [0.05, 0.1) is 25.4 Å². The number of amides is 1. The third-order valence-electron chi connectivity index (χ3n) is 3.37.